The van der Waals surface area contributed by atoms with Crippen LogP contribution in [0, 0.1) is 5.92 Å². The van der Waals surface area contributed by atoms with Gasteiger partial charge in [-0.1, -0.05) is 0 Å². The SMILES string of the molecule is O=C(NCC(O)C1CC1)c1cncc(Br)c1. The molecule has 16 heavy (non-hydrogen) atoms. The summed E-state index contributed by atoms with van der Waals surface area (Å²) >= 11 is 3.25. The summed E-state index contributed by atoms with van der Waals surface area (Å²) in [5.41, 5.74) is 0.498. The number of rotatable bonds is 4. The van der Waals surface area contributed by atoms with E-state index in [-0.39, 0.29) is 5.91 Å². The molecule has 0 aliphatic heterocycles. The molecule has 1 aromatic rings. The first-order valence-electron chi connectivity index (χ1n) is 5.23. The molecule has 0 spiro atoms. The molecule has 5 heteroatoms. The summed E-state index contributed by atoms with van der Waals surface area (Å²) in [5.74, 6) is 0.175. The van der Waals surface area contributed by atoms with Crippen LogP contribution < -0.4 is 5.32 Å². The van der Waals surface area contributed by atoms with E-state index in [0.29, 0.717) is 18.0 Å². The molecule has 0 radical (unpaired) electrons. The number of carbonyl (C=O) groups excluding carboxylic acids is 1. The van der Waals surface area contributed by atoms with Crippen LogP contribution in [0.15, 0.2) is 22.9 Å². The summed E-state index contributed by atoms with van der Waals surface area (Å²) < 4.78 is 0.767. The average Bonchev–Trinajstić information content (AvgIpc) is 3.09. The monoisotopic (exact) mass is 284 g/mol. The largest absolute Gasteiger partial charge is 0.391 e. The maximum Gasteiger partial charge on any atom is 0.252 e. The second kappa shape index (κ2) is 4.93. The van der Waals surface area contributed by atoms with Crippen LogP contribution in [0.5, 0.6) is 0 Å². The maximum absolute atomic E-state index is 11.7. The molecule has 2 rings (SSSR count). The molecule has 86 valence electrons. The number of amides is 1. The molecule has 1 atom stereocenters. The van der Waals surface area contributed by atoms with Gasteiger partial charge in [-0.25, -0.2) is 0 Å². The van der Waals surface area contributed by atoms with Gasteiger partial charge in [-0.05, 0) is 40.8 Å². The zero-order valence-corrected chi connectivity index (χ0v) is 10.3. The average molecular weight is 285 g/mol. The molecule has 0 aromatic carbocycles. The lowest BCUT2D eigenvalue weighted by atomic mass is 10.2. The van der Waals surface area contributed by atoms with E-state index in [0.717, 1.165) is 17.3 Å². The normalized spacial score (nSPS) is 16.9. The van der Waals surface area contributed by atoms with Crippen LogP contribution in [-0.4, -0.2) is 28.6 Å². The van der Waals surface area contributed by atoms with E-state index in [4.69, 9.17) is 0 Å². The summed E-state index contributed by atoms with van der Waals surface area (Å²) in [6.07, 6.45) is 4.84. The topological polar surface area (TPSA) is 62.2 Å². The molecule has 0 bridgehead atoms. The Morgan fingerprint density at radius 3 is 3.00 bits per heavy atom. The van der Waals surface area contributed by atoms with Crippen LogP contribution in [0.25, 0.3) is 0 Å². The van der Waals surface area contributed by atoms with Crippen molar-refractivity contribution in [3.63, 3.8) is 0 Å². The van der Waals surface area contributed by atoms with Crippen molar-refractivity contribution in [2.75, 3.05) is 6.54 Å². The minimum absolute atomic E-state index is 0.200. The Morgan fingerprint density at radius 2 is 2.38 bits per heavy atom. The number of aromatic nitrogens is 1. The standard InChI is InChI=1S/C11H13BrN2O2/c12-9-3-8(4-13-5-9)11(16)14-6-10(15)7-1-2-7/h3-5,7,10,15H,1-2,6H2,(H,14,16). The molecule has 1 aromatic heterocycles. The number of aliphatic hydroxyl groups excluding tert-OH is 1. The van der Waals surface area contributed by atoms with Gasteiger partial charge in [-0.2, -0.15) is 0 Å². The van der Waals surface area contributed by atoms with Crippen LogP contribution >= 0.6 is 15.9 Å². The van der Waals surface area contributed by atoms with Gasteiger partial charge in [0.2, 0.25) is 0 Å². The highest BCUT2D eigenvalue weighted by atomic mass is 79.9. The Kier molecular flexibility index (Phi) is 3.56. The summed E-state index contributed by atoms with van der Waals surface area (Å²) in [5, 5.41) is 12.3. The Labute approximate surface area is 102 Å². The van der Waals surface area contributed by atoms with E-state index in [1.165, 1.54) is 6.20 Å². The fourth-order valence-corrected chi connectivity index (χ4v) is 1.85. The van der Waals surface area contributed by atoms with E-state index in [1.54, 1.807) is 12.3 Å². The molecule has 1 fully saturated rings. The first-order valence-corrected chi connectivity index (χ1v) is 6.03. The third-order valence-corrected chi connectivity index (χ3v) is 3.04. The smallest absolute Gasteiger partial charge is 0.252 e. The van der Waals surface area contributed by atoms with Crippen LogP contribution in [-0.2, 0) is 0 Å². The van der Waals surface area contributed by atoms with Gasteiger partial charge in [0.05, 0.1) is 11.7 Å². The quantitative estimate of drug-likeness (QED) is 0.877. The second-order valence-corrected chi connectivity index (χ2v) is 4.92. The fourth-order valence-electron chi connectivity index (χ4n) is 1.48. The van der Waals surface area contributed by atoms with Gasteiger partial charge in [-0.15, -0.1) is 0 Å². The lowest BCUT2D eigenvalue weighted by Gasteiger charge is -2.10. The molecule has 1 unspecified atom stereocenters. The second-order valence-electron chi connectivity index (χ2n) is 4.01. The van der Waals surface area contributed by atoms with E-state index in [1.807, 2.05) is 0 Å². The Hall–Kier alpha value is -0.940. The summed E-state index contributed by atoms with van der Waals surface area (Å²) in [4.78, 5) is 15.6. The van der Waals surface area contributed by atoms with E-state index >= 15 is 0 Å². The van der Waals surface area contributed by atoms with Crippen LogP contribution in [0.4, 0.5) is 0 Å². The number of hydrogen-bond donors (Lipinski definition) is 2. The lowest BCUT2D eigenvalue weighted by Crippen LogP contribution is -2.33. The van der Waals surface area contributed by atoms with Gasteiger partial charge in [-0.3, -0.25) is 9.78 Å². The number of hydrogen-bond acceptors (Lipinski definition) is 3. The molecular weight excluding hydrogens is 272 g/mol. The Bertz CT molecular complexity index is 393. The molecule has 1 heterocycles. The Morgan fingerprint density at radius 1 is 1.62 bits per heavy atom. The number of halogens is 1. The van der Waals surface area contributed by atoms with E-state index < -0.39 is 6.10 Å². The number of aliphatic hydroxyl groups is 1. The first kappa shape index (κ1) is 11.5. The number of nitrogens with zero attached hydrogens (tertiary/aromatic N) is 1. The van der Waals surface area contributed by atoms with Crippen molar-refractivity contribution in [1.29, 1.82) is 0 Å². The van der Waals surface area contributed by atoms with Gasteiger partial charge in [0.1, 0.15) is 0 Å². The van der Waals surface area contributed by atoms with Gasteiger partial charge in [0.25, 0.3) is 5.91 Å². The van der Waals surface area contributed by atoms with Crippen molar-refractivity contribution in [3.05, 3.63) is 28.5 Å². The zero-order valence-electron chi connectivity index (χ0n) is 8.69. The predicted octanol–water partition coefficient (Wildman–Crippen LogP) is 1.34. The van der Waals surface area contributed by atoms with E-state index in [9.17, 15) is 9.90 Å². The third-order valence-electron chi connectivity index (χ3n) is 2.60. The summed E-state index contributed by atoms with van der Waals surface area (Å²) in [6, 6.07) is 1.70. The molecule has 1 saturated carbocycles. The molecule has 1 aliphatic rings. The summed E-state index contributed by atoms with van der Waals surface area (Å²) in [7, 11) is 0. The van der Waals surface area contributed by atoms with Crippen molar-refractivity contribution >= 4 is 21.8 Å². The molecule has 1 amide bonds. The van der Waals surface area contributed by atoms with E-state index in [2.05, 4.69) is 26.2 Å². The first-order chi connectivity index (χ1) is 7.66. The minimum atomic E-state index is -0.413. The number of nitrogens with one attached hydrogen (secondary N) is 1. The predicted molar refractivity (Wildman–Crippen MR) is 63.0 cm³/mol. The van der Waals surface area contributed by atoms with Crippen LogP contribution in [0.1, 0.15) is 23.2 Å². The zero-order chi connectivity index (χ0) is 11.5. The number of pyridine rings is 1. The molecule has 2 N–H and O–H groups in total. The maximum atomic E-state index is 11.7. The molecule has 4 nitrogen and oxygen atoms in total. The van der Waals surface area contributed by atoms with Gasteiger partial charge >= 0.3 is 0 Å². The van der Waals surface area contributed by atoms with Gasteiger partial charge in [0.15, 0.2) is 0 Å². The molecule has 1 aliphatic carbocycles. The highest BCUT2D eigenvalue weighted by molar-refractivity contribution is 9.10. The Balaban J connectivity index is 1.87. The highest BCUT2D eigenvalue weighted by Gasteiger charge is 2.29. The minimum Gasteiger partial charge on any atom is -0.391 e. The number of carbonyl (C=O) groups is 1. The highest BCUT2D eigenvalue weighted by Crippen LogP contribution is 2.32. The lowest BCUT2D eigenvalue weighted by molar-refractivity contribution is 0.0900. The van der Waals surface area contributed by atoms with Gasteiger partial charge < -0.3 is 10.4 Å². The van der Waals surface area contributed by atoms with Crippen molar-refractivity contribution < 1.29 is 9.90 Å². The van der Waals surface area contributed by atoms with Crippen molar-refractivity contribution in [1.82, 2.24) is 10.3 Å². The molecular formula is C11H13BrN2O2. The fraction of sp³-hybridized carbons (Fsp3) is 0.455. The van der Waals surface area contributed by atoms with Gasteiger partial charge in [0, 0.05) is 23.4 Å². The van der Waals surface area contributed by atoms with Crippen LogP contribution in [0.3, 0.4) is 0 Å². The van der Waals surface area contributed by atoms with Crippen molar-refractivity contribution in [2.45, 2.75) is 18.9 Å². The molecule has 0 saturated heterocycles. The third kappa shape index (κ3) is 3.02. The summed E-state index contributed by atoms with van der Waals surface area (Å²) in [6.45, 7) is 0.315. The van der Waals surface area contributed by atoms with Crippen LogP contribution in [0.2, 0.25) is 0 Å². The van der Waals surface area contributed by atoms with Crippen molar-refractivity contribution in [2.24, 2.45) is 5.92 Å². The van der Waals surface area contributed by atoms with Crippen molar-refractivity contribution in [3.8, 4) is 0 Å².